The van der Waals surface area contributed by atoms with E-state index in [9.17, 15) is 0 Å². The van der Waals surface area contributed by atoms with Crippen LogP contribution in [0.3, 0.4) is 0 Å². The van der Waals surface area contributed by atoms with Gasteiger partial charge in [-0.05, 0) is 12.0 Å². The molecule has 1 radical (unpaired) electrons. The molecule has 3 aromatic heterocycles. The van der Waals surface area contributed by atoms with Crippen LogP contribution >= 0.6 is 22.7 Å². The van der Waals surface area contributed by atoms with E-state index in [1.165, 1.54) is 11.3 Å². The second-order valence-corrected chi connectivity index (χ2v) is 7.87. The van der Waals surface area contributed by atoms with Crippen LogP contribution in [0.1, 0.15) is 23.9 Å². The Kier molecular flexibility index (Phi) is 6.04. The third-order valence-corrected chi connectivity index (χ3v) is 5.91. The molecule has 141 valence electrons. The Balaban J connectivity index is 1.53. The normalized spacial score (nSPS) is 10.9. The van der Waals surface area contributed by atoms with Crippen LogP contribution in [0.2, 0.25) is 0 Å². The molecule has 0 saturated heterocycles. The first-order valence-corrected chi connectivity index (χ1v) is 10.9. The summed E-state index contributed by atoms with van der Waals surface area (Å²) in [4.78, 5) is 20.4. The number of hydrogen-bond acceptors (Lipinski definition) is 7. The van der Waals surface area contributed by atoms with Crippen LogP contribution in [0.5, 0.6) is 0 Å². The lowest BCUT2D eigenvalue weighted by Crippen LogP contribution is -2.27. The summed E-state index contributed by atoms with van der Waals surface area (Å²) in [6.45, 7) is 3.55. The molecule has 0 fully saturated rings. The number of benzene rings is 1. The van der Waals surface area contributed by atoms with Crippen LogP contribution in [-0.4, -0.2) is 26.5 Å². The van der Waals surface area contributed by atoms with Crippen molar-refractivity contribution in [3.63, 3.8) is 0 Å². The predicted molar refractivity (Wildman–Crippen MR) is 115 cm³/mol. The zero-order chi connectivity index (χ0) is 19.2. The highest BCUT2D eigenvalue weighted by Gasteiger charge is 2.14. The number of thiazole rings is 2. The molecular formula is C21H20N5S2. The summed E-state index contributed by atoms with van der Waals surface area (Å²) in [6.07, 6.45) is 5.57. The highest BCUT2D eigenvalue weighted by Crippen LogP contribution is 2.24. The maximum atomic E-state index is 4.83. The van der Waals surface area contributed by atoms with E-state index in [0.29, 0.717) is 6.54 Å². The molecule has 0 unspecified atom stereocenters. The van der Waals surface area contributed by atoms with Gasteiger partial charge in [0.1, 0.15) is 5.01 Å². The molecule has 3 heterocycles. The Morgan fingerprint density at radius 3 is 2.57 bits per heavy atom. The van der Waals surface area contributed by atoms with Gasteiger partial charge in [0.15, 0.2) is 5.51 Å². The molecule has 0 amide bonds. The van der Waals surface area contributed by atoms with E-state index in [4.69, 9.17) is 4.98 Å². The van der Waals surface area contributed by atoms with Gasteiger partial charge in [0.2, 0.25) is 5.95 Å². The minimum atomic E-state index is 0.669. The lowest BCUT2D eigenvalue weighted by molar-refractivity contribution is 0.734. The van der Waals surface area contributed by atoms with Crippen LogP contribution in [0, 0.1) is 5.51 Å². The monoisotopic (exact) mass is 406 g/mol. The molecule has 1 aromatic carbocycles. The maximum Gasteiger partial charge on any atom is 0.225 e. The topological polar surface area (TPSA) is 54.8 Å². The van der Waals surface area contributed by atoms with Gasteiger partial charge >= 0.3 is 0 Å². The smallest absolute Gasteiger partial charge is 0.225 e. The van der Waals surface area contributed by atoms with Gasteiger partial charge in [-0.3, -0.25) is 0 Å². The fraction of sp³-hybridized carbons (Fsp3) is 0.238. The largest absolute Gasteiger partial charge is 0.335 e. The number of aryl methyl sites for hydroxylation is 1. The van der Waals surface area contributed by atoms with Gasteiger partial charge in [-0.1, -0.05) is 37.3 Å². The average molecular weight is 407 g/mol. The van der Waals surface area contributed by atoms with Crippen molar-refractivity contribution in [2.24, 2.45) is 0 Å². The maximum absolute atomic E-state index is 4.83. The van der Waals surface area contributed by atoms with Crippen molar-refractivity contribution in [1.82, 2.24) is 19.9 Å². The number of nitrogens with zero attached hydrogens (tertiary/aromatic N) is 5. The van der Waals surface area contributed by atoms with Crippen LogP contribution in [0.25, 0.3) is 10.6 Å². The zero-order valence-corrected chi connectivity index (χ0v) is 17.2. The standard InChI is InChI=1S/C21H20N5S2/c1-2-16-10-22-21(23-11-16)26(9-8-18-13-27-15-24-18)12-19-14-28-20(25-19)17-6-4-3-5-7-17/h3-7,10-11,13-14H,2,8-9,12H2,1H3. The van der Waals surface area contributed by atoms with Gasteiger partial charge in [-0.15, -0.1) is 22.7 Å². The van der Waals surface area contributed by atoms with Crippen LogP contribution in [0.15, 0.2) is 53.5 Å². The molecular weight excluding hydrogens is 386 g/mol. The van der Waals surface area contributed by atoms with E-state index >= 15 is 0 Å². The fourth-order valence-electron chi connectivity index (χ4n) is 2.80. The summed E-state index contributed by atoms with van der Waals surface area (Å²) in [7, 11) is 0. The van der Waals surface area contributed by atoms with Crippen LogP contribution < -0.4 is 4.90 Å². The SMILES string of the molecule is CCc1cnc(N(CCc2cs[c]n2)Cc2csc(-c3ccccc3)n2)nc1. The molecule has 7 heteroatoms. The summed E-state index contributed by atoms with van der Waals surface area (Å²) in [5.74, 6) is 0.727. The van der Waals surface area contributed by atoms with Crippen LogP contribution in [0.4, 0.5) is 5.95 Å². The molecule has 28 heavy (non-hydrogen) atoms. The van der Waals surface area contributed by atoms with Gasteiger partial charge < -0.3 is 4.90 Å². The second kappa shape index (κ2) is 9.03. The predicted octanol–water partition coefficient (Wildman–Crippen LogP) is 4.67. The summed E-state index contributed by atoms with van der Waals surface area (Å²) in [6, 6.07) is 10.3. The Labute approximate surface area is 172 Å². The van der Waals surface area contributed by atoms with E-state index < -0.39 is 0 Å². The van der Waals surface area contributed by atoms with Crippen molar-refractivity contribution in [2.75, 3.05) is 11.4 Å². The number of anilines is 1. The quantitative estimate of drug-likeness (QED) is 0.426. The second-order valence-electron chi connectivity index (χ2n) is 6.36. The van der Waals surface area contributed by atoms with E-state index in [-0.39, 0.29) is 0 Å². The van der Waals surface area contributed by atoms with Crippen LogP contribution in [-0.2, 0) is 19.4 Å². The summed E-state index contributed by atoms with van der Waals surface area (Å²) in [5.41, 5.74) is 7.26. The lowest BCUT2D eigenvalue weighted by atomic mass is 10.2. The van der Waals surface area contributed by atoms with E-state index in [0.717, 1.165) is 52.9 Å². The Bertz CT molecular complexity index is 981. The number of hydrogen-bond donors (Lipinski definition) is 0. The Morgan fingerprint density at radius 1 is 1.04 bits per heavy atom. The first kappa shape index (κ1) is 18.7. The molecule has 0 bridgehead atoms. The van der Waals surface area contributed by atoms with E-state index in [2.05, 4.69) is 49.8 Å². The minimum absolute atomic E-state index is 0.669. The summed E-state index contributed by atoms with van der Waals surface area (Å²) >= 11 is 3.17. The van der Waals surface area contributed by atoms with Gasteiger partial charge in [0, 0.05) is 41.7 Å². The van der Waals surface area contributed by atoms with Gasteiger partial charge in [0.05, 0.1) is 17.9 Å². The fourth-order valence-corrected chi connectivity index (χ4v) is 4.15. The third-order valence-electron chi connectivity index (χ3n) is 4.38. The minimum Gasteiger partial charge on any atom is -0.335 e. The van der Waals surface area contributed by atoms with E-state index in [1.54, 1.807) is 11.3 Å². The summed E-state index contributed by atoms with van der Waals surface area (Å²) < 4.78 is 0. The molecule has 5 nitrogen and oxygen atoms in total. The molecule has 0 aliphatic heterocycles. The molecule has 4 rings (SSSR count). The first-order chi connectivity index (χ1) is 13.8. The van der Waals surface area contributed by atoms with Crippen molar-refractivity contribution >= 4 is 28.6 Å². The molecule has 0 saturated carbocycles. The Morgan fingerprint density at radius 2 is 1.86 bits per heavy atom. The molecule has 0 aliphatic carbocycles. The van der Waals surface area contributed by atoms with Crippen molar-refractivity contribution in [2.45, 2.75) is 26.3 Å². The van der Waals surface area contributed by atoms with Gasteiger partial charge in [-0.2, -0.15) is 0 Å². The van der Waals surface area contributed by atoms with Crippen molar-refractivity contribution in [3.05, 3.63) is 75.9 Å². The lowest BCUT2D eigenvalue weighted by Gasteiger charge is -2.21. The first-order valence-electron chi connectivity index (χ1n) is 9.18. The molecule has 0 atom stereocenters. The molecule has 0 aliphatic rings. The molecule has 0 N–H and O–H groups in total. The van der Waals surface area contributed by atoms with Gasteiger partial charge in [-0.25, -0.2) is 19.9 Å². The highest BCUT2D eigenvalue weighted by atomic mass is 32.1. The van der Waals surface area contributed by atoms with E-state index in [1.807, 2.05) is 36.0 Å². The number of rotatable bonds is 8. The van der Waals surface area contributed by atoms with Crippen molar-refractivity contribution in [3.8, 4) is 10.6 Å². The molecule has 4 aromatic rings. The third kappa shape index (κ3) is 4.61. The average Bonchev–Trinajstić information content (AvgIpc) is 3.44. The Hall–Kier alpha value is -2.64. The number of aromatic nitrogens is 4. The zero-order valence-electron chi connectivity index (χ0n) is 15.6. The highest BCUT2D eigenvalue weighted by molar-refractivity contribution is 7.13. The van der Waals surface area contributed by atoms with Crippen molar-refractivity contribution in [1.29, 1.82) is 0 Å². The molecule has 0 spiro atoms. The van der Waals surface area contributed by atoms with Crippen molar-refractivity contribution < 1.29 is 0 Å². The summed E-state index contributed by atoms with van der Waals surface area (Å²) in [5, 5.41) is 5.19. The van der Waals surface area contributed by atoms with Gasteiger partial charge in [0.25, 0.3) is 0 Å².